The molecule has 3 heterocycles. The smallest absolute Gasteiger partial charge is 0.225 e. The van der Waals surface area contributed by atoms with E-state index >= 15 is 0 Å². The maximum Gasteiger partial charge on any atom is 0.225 e. The van der Waals surface area contributed by atoms with Gasteiger partial charge in [-0.15, -0.1) is 0 Å². The zero-order valence-corrected chi connectivity index (χ0v) is 19.0. The summed E-state index contributed by atoms with van der Waals surface area (Å²) in [5, 5.41) is 5.72. The van der Waals surface area contributed by atoms with E-state index in [0.717, 1.165) is 71.6 Å². The van der Waals surface area contributed by atoms with Crippen molar-refractivity contribution in [3.63, 3.8) is 0 Å². The van der Waals surface area contributed by atoms with Crippen molar-refractivity contribution >= 4 is 32.7 Å². The summed E-state index contributed by atoms with van der Waals surface area (Å²) in [6.07, 6.45) is 5.82. The van der Waals surface area contributed by atoms with Gasteiger partial charge in [0, 0.05) is 32.1 Å². The number of carbonyl (C=O) groups excluding carboxylic acids is 1. The summed E-state index contributed by atoms with van der Waals surface area (Å²) in [4.78, 5) is 22.2. The maximum atomic E-state index is 12.9. The van der Waals surface area contributed by atoms with Crippen LogP contribution in [0.4, 0.5) is 5.13 Å². The average molecular weight is 440 g/mol. The zero-order chi connectivity index (χ0) is 21.4. The Kier molecular flexibility index (Phi) is 5.56. The summed E-state index contributed by atoms with van der Waals surface area (Å²) in [5.41, 5.74) is 2.85. The van der Waals surface area contributed by atoms with Crippen LogP contribution in [0.5, 0.6) is 5.75 Å². The molecule has 1 aliphatic heterocycles. The molecule has 1 saturated carbocycles. The van der Waals surface area contributed by atoms with E-state index in [4.69, 9.17) is 14.8 Å². The van der Waals surface area contributed by atoms with Crippen molar-refractivity contribution in [3.05, 3.63) is 30.0 Å². The topological polar surface area (TPSA) is 63.5 Å². The highest BCUT2D eigenvalue weighted by molar-refractivity contribution is 7.22. The van der Waals surface area contributed by atoms with Gasteiger partial charge in [-0.05, 0) is 44.0 Å². The van der Waals surface area contributed by atoms with Gasteiger partial charge in [0.25, 0.3) is 0 Å². The Morgan fingerprint density at radius 3 is 2.45 bits per heavy atom. The Labute approximate surface area is 186 Å². The van der Waals surface area contributed by atoms with Crippen LogP contribution in [-0.4, -0.2) is 58.9 Å². The average Bonchev–Trinajstić information content (AvgIpc) is 3.40. The van der Waals surface area contributed by atoms with Crippen molar-refractivity contribution in [2.45, 2.75) is 39.0 Å². The van der Waals surface area contributed by atoms with Gasteiger partial charge in [0.15, 0.2) is 10.8 Å². The van der Waals surface area contributed by atoms with Gasteiger partial charge in [-0.2, -0.15) is 10.1 Å². The second kappa shape index (κ2) is 8.49. The van der Waals surface area contributed by atoms with E-state index in [9.17, 15) is 4.79 Å². The molecule has 1 aliphatic carbocycles. The molecular weight excluding hydrogens is 410 g/mol. The SMILES string of the molecule is COc1ccc(-n2nc(C)c3sc(N4CCN(C(=O)C5CCCCC5)CC4)nc32)cc1. The molecule has 31 heavy (non-hydrogen) atoms. The summed E-state index contributed by atoms with van der Waals surface area (Å²) in [5.74, 6) is 1.44. The highest BCUT2D eigenvalue weighted by atomic mass is 32.1. The van der Waals surface area contributed by atoms with E-state index in [1.54, 1.807) is 18.4 Å². The lowest BCUT2D eigenvalue weighted by Crippen LogP contribution is -2.50. The van der Waals surface area contributed by atoms with Gasteiger partial charge in [-0.1, -0.05) is 30.6 Å². The lowest BCUT2D eigenvalue weighted by atomic mass is 9.88. The number of carbonyl (C=O) groups is 1. The molecule has 8 heteroatoms. The van der Waals surface area contributed by atoms with Gasteiger partial charge < -0.3 is 14.5 Å². The van der Waals surface area contributed by atoms with E-state index in [0.29, 0.717) is 5.91 Å². The van der Waals surface area contributed by atoms with Crippen molar-refractivity contribution in [2.24, 2.45) is 5.92 Å². The Morgan fingerprint density at radius 1 is 1.06 bits per heavy atom. The number of rotatable bonds is 4. The molecule has 2 fully saturated rings. The Morgan fingerprint density at radius 2 is 1.77 bits per heavy atom. The quantitative estimate of drug-likeness (QED) is 0.614. The van der Waals surface area contributed by atoms with Crippen LogP contribution in [0.2, 0.25) is 0 Å². The van der Waals surface area contributed by atoms with Crippen molar-refractivity contribution in [1.29, 1.82) is 0 Å². The van der Waals surface area contributed by atoms with Gasteiger partial charge in [0.1, 0.15) is 5.75 Å². The number of methoxy groups -OCH3 is 1. The fourth-order valence-electron chi connectivity index (χ4n) is 4.69. The molecule has 0 spiro atoms. The molecule has 0 atom stereocenters. The van der Waals surface area contributed by atoms with E-state index < -0.39 is 0 Å². The fraction of sp³-hybridized carbons (Fsp3) is 0.522. The summed E-state index contributed by atoms with van der Waals surface area (Å²) in [6.45, 7) is 5.28. The van der Waals surface area contributed by atoms with Crippen LogP contribution in [0.3, 0.4) is 0 Å². The Balaban J connectivity index is 1.31. The Bertz CT molecular complexity index is 1060. The largest absolute Gasteiger partial charge is 0.497 e. The van der Waals surface area contributed by atoms with Gasteiger partial charge >= 0.3 is 0 Å². The number of aromatic nitrogens is 3. The first kappa shape index (κ1) is 20.3. The molecule has 1 saturated heterocycles. The molecule has 1 aromatic carbocycles. The van der Waals surface area contributed by atoms with Crippen LogP contribution in [0.25, 0.3) is 16.0 Å². The first-order valence-corrected chi connectivity index (χ1v) is 12.0. The molecule has 3 aromatic rings. The number of benzene rings is 1. The molecule has 0 unspecified atom stereocenters. The van der Waals surface area contributed by atoms with Crippen LogP contribution < -0.4 is 9.64 Å². The zero-order valence-electron chi connectivity index (χ0n) is 18.2. The molecule has 7 nitrogen and oxygen atoms in total. The lowest BCUT2D eigenvalue weighted by molar-refractivity contribution is -0.136. The predicted molar refractivity (Wildman–Crippen MR) is 123 cm³/mol. The van der Waals surface area contributed by atoms with E-state index in [-0.39, 0.29) is 5.92 Å². The van der Waals surface area contributed by atoms with Gasteiger partial charge in [0.2, 0.25) is 5.91 Å². The predicted octanol–water partition coefficient (Wildman–Crippen LogP) is 4.03. The number of hydrogen-bond acceptors (Lipinski definition) is 6. The van der Waals surface area contributed by atoms with Crippen molar-refractivity contribution in [3.8, 4) is 11.4 Å². The number of fused-ring (bicyclic) bond motifs is 1. The van der Waals surface area contributed by atoms with Crippen LogP contribution in [0.1, 0.15) is 37.8 Å². The number of hydrogen-bond donors (Lipinski definition) is 0. The first-order valence-electron chi connectivity index (χ1n) is 11.2. The number of piperazine rings is 1. The van der Waals surface area contributed by atoms with E-state index in [1.807, 2.05) is 35.9 Å². The second-order valence-corrected chi connectivity index (χ2v) is 9.47. The molecular formula is C23H29N5O2S. The van der Waals surface area contributed by atoms with Crippen LogP contribution in [0, 0.1) is 12.8 Å². The van der Waals surface area contributed by atoms with Crippen molar-refractivity contribution < 1.29 is 9.53 Å². The maximum absolute atomic E-state index is 12.9. The normalized spacial score (nSPS) is 18.0. The molecule has 0 bridgehead atoms. The summed E-state index contributed by atoms with van der Waals surface area (Å²) in [6, 6.07) is 7.88. The standard InChI is InChI=1S/C23H29N5O2S/c1-16-20-21(28(25-16)18-8-10-19(30-2)11-9-18)24-23(31-20)27-14-12-26(13-15-27)22(29)17-6-4-3-5-7-17/h8-11,17H,3-7,12-15H2,1-2H3. The van der Waals surface area contributed by atoms with Crippen molar-refractivity contribution in [1.82, 2.24) is 19.7 Å². The third kappa shape index (κ3) is 3.89. The molecule has 164 valence electrons. The molecule has 0 radical (unpaired) electrons. The van der Waals surface area contributed by atoms with Gasteiger partial charge in [-0.25, -0.2) is 4.68 Å². The number of ether oxygens (including phenoxy) is 1. The molecule has 5 rings (SSSR count). The highest BCUT2D eigenvalue weighted by Crippen LogP contribution is 2.33. The van der Waals surface area contributed by atoms with E-state index in [1.165, 1.54) is 19.3 Å². The molecule has 2 aliphatic rings. The molecule has 1 amide bonds. The number of thiazole rings is 1. The fourth-order valence-corrected chi connectivity index (χ4v) is 5.73. The van der Waals surface area contributed by atoms with Gasteiger partial charge in [0.05, 0.1) is 23.2 Å². The van der Waals surface area contributed by atoms with E-state index in [2.05, 4.69) is 9.80 Å². The molecule has 2 aromatic heterocycles. The number of nitrogens with zero attached hydrogens (tertiary/aromatic N) is 5. The minimum Gasteiger partial charge on any atom is -0.497 e. The minimum absolute atomic E-state index is 0.251. The third-order valence-corrected chi connectivity index (χ3v) is 7.72. The summed E-state index contributed by atoms with van der Waals surface area (Å²) in [7, 11) is 1.67. The number of anilines is 1. The first-order chi connectivity index (χ1) is 15.1. The number of aryl methyl sites for hydroxylation is 1. The van der Waals surface area contributed by atoms with Crippen LogP contribution in [0.15, 0.2) is 24.3 Å². The van der Waals surface area contributed by atoms with Gasteiger partial charge in [-0.3, -0.25) is 4.79 Å². The highest BCUT2D eigenvalue weighted by Gasteiger charge is 2.29. The third-order valence-electron chi connectivity index (χ3n) is 6.51. The van der Waals surface area contributed by atoms with Crippen LogP contribution in [-0.2, 0) is 4.79 Å². The summed E-state index contributed by atoms with van der Waals surface area (Å²) >= 11 is 1.69. The summed E-state index contributed by atoms with van der Waals surface area (Å²) < 4.78 is 8.29. The van der Waals surface area contributed by atoms with Crippen LogP contribution >= 0.6 is 11.3 Å². The lowest BCUT2D eigenvalue weighted by Gasteiger charge is -2.37. The molecule has 0 N–H and O–H groups in total. The van der Waals surface area contributed by atoms with Crippen molar-refractivity contribution in [2.75, 3.05) is 38.2 Å². The Hall–Kier alpha value is -2.61. The second-order valence-electron chi connectivity index (χ2n) is 8.49. The minimum atomic E-state index is 0.251. The number of amides is 1. The monoisotopic (exact) mass is 439 g/mol.